The lowest BCUT2D eigenvalue weighted by molar-refractivity contribution is -0.0509. The molecule has 17 heavy (non-hydrogen) atoms. The molecule has 0 aliphatic heterocycles. The molecule has 2 rings (SSSR count). The minimum Gasteiger partial charge on any atom is -0.330 e. The maximum absolute atomic E-state index is 13.2. The second-order valence-corrected chi connectivity index (χ2v) is 4.73. The topological polar surface area (TPSA) is 43.8 Å². The van der Waals surface area contributed by atoms with E-state index in [1.54, 1.807) is 17.1 Å². The lowest BCUT2D eigenvalue weighted by Crippen LogP contribution is -2.41. The van der Waals surface area contributed by atoms with Gasteiger partial charge in [0.1, 0.15) is 0 Å². The summed E-state index contributed by atoms with van der Waals surface area (Å²) in [5.41, 5.74) is 6.40. The SMILES string of the molecule is C=Cn1cc(C2(CN)CCC(F)(F)CC2)cn1. The molecule has 1 heterocycles. The Morgan fingerprint density at radius 3 is 2.53 bits per heavy atom. The van der Waals surface area contributed by atoms with E-state index in [2.05, 4.69) is 11.7 Å². The fraction of sp³-hybridized carbons (Fsp3) is 0.583. The van der Waals surface area contributed by atoms with Crippen molar-refractivity contribution in [3.8, 4) is 0 Å². The lowest BCUT2D eigenvalue weighted by Gasteiger charge is -2.38. The Morgan fingerprint density at radius 1 is 1.41 bits per heavy atom. The Hall–Kier alpha value is -1.23. The van der Waals surface area contributed by atoms with Crippen LogP contribution in [-0.2, 0) is 5.41 Å². The molecule has 1 fully saturated rings. The van der Waals surface area contributed by atoms with E-state index in [4.69, 9.17) is 5.73 Å². The second-order valence-electron chi connectivity index (χ2n) is 4.73. The maximum Gasteiger partial charge on any atom is 0.248 e. The van der Waals surface area contributed by atoms with Gasteiger partial charge in [0.2, 0.25) is 5.92 Å². The van der Waals surface area contributed by atoms with E-state index in [9.17, 15) is 8.78 Å². The van der Waals surface area contributed by atoms with Gasteiger partial charge in [0.15, 0.2) is 0 Å². The molecule has 1 aromatic heterocycles. The smallest absolute Gasteiger partial charge is 0.248 e. The van der Waals surface area contributed by atoms with Gasteiger partial charge in [-0.05, 0) is 18.4 Å². The van der Waals surface area contributed by atoms with Crippen LogP contribution in [0.5, 0.6) is 0 Å². The van der Waals surface area contributed by atoms with Crippen LogP contribution in [-0.4, -0.2) is 22.2 Å². The number of aromatic nitrogens is 2. The summed E-state index contributed by atoms with van der Waals surface area (Å²) in [5.74, 6) is -2.53. The fourth-order valence-electron chi connectivity index (χ4n) is 2.42. The zero-order valence-electron chi connectivity index (χ0n) is 9.70. The van der Waals surface area contributed by atoms with E-state index in [0.29, 0.717) is 19.4 Å². The number of alkyl halides is 2. The number of rotatable bonds is 3. The summed E-state index contributed by atoms with van der Waals surface area (Å²) in [5, 5.41) is 4.09. The summed E-state index contributed by atoms with van der Waals surface area (Å²) in [6.07, 6.45) is 5.75. The van der Waals surface area contributed by atoms with E-state index in [1.807, 2.05) is 6.20 Å². The van der Waals surface area contributed by atoms with Crippen LogP contribution in [0.15, 0.2) is 19.0 Å². The fourth-order valence-corrected chi connectivity index (χ4v) is 2.42. The monoisotopic (exact) mass is 241 g/mol. The van der Waals surface area contributed by atoms with Gasteiger partial charge in [-0.15, -0.1) is 0 Å². The Balaban J connectivity index is 2.23. The summed E-state index contributed by atoms with van der Waals surface area (Å²) in [6.45, 7) is 3.99. The van der Waals surface area contributed by atoms with Crippen molar-refractivity contribution in [2.75, 3.05) is 6.54 Å². The van der Waals surface area contributed by atoms with Crippen LogP contribution in [0.4, 0.5) is 8.78 Å². The summed E-state index contributed by atoms with van der Waals surface area (Å²) in [7, 11) is 0. The Bertz CT molecular complexity index is 402. The lowest BCUT2D eigenvalue weighted by atomic mass is 9.69. The molecule has 1 aliphatic rings. The van der Waals surface area contributed by atoms with Crippen molar-refractivity contribution in [1.29, 1.82) is 0 Å². The molecule has 1 aromatic rings. The van der Waals surface area contributed by atoms with Crippen LogP contribution in [0, 0.1) is 0 Å². The van der Waals surface area contributed by atoms with E-state index in [0.717, 1.165) is 5.56 Å². The highest BCUT2D eigenvalue weighted by atomic mass is 19.3. The third-order valence-electron chi connectivity index (χ3n) is 3.73. The Kier molecular flexibility index (Phi) is 3.03. The van der Waals surface area contributed by atoms with Crippen molar-refractivity contribution in [3.63, 3.8) is 0 Å². The quantitative estimate of drug-likeness (QED) is 0.883. The van der Waals surface area contributed by atoms with Crippen LogP contribution in [0.3, 0.4) is 0 Å². The number of nitrogens with two attached hydrogens (primary N) is 1. The highest BCUT2D eigenvalue weighted by Gasteiger charge is 2.44. The molecule has 0 saturated heterocycles. The summed E-state index contributed by atoms with van der Waals surface area (Å²) in [4.78, 5) is 0. The second kappa shape index (κ2) is 4.22. The normalized spacial score (nSPS) is 22.3. The van der Waals surface area contributed by atoms with Gasteiger partial charge in [-0.3, -0.25) is 0 Å². The van der Waals surface area contributed by atoms with Crippen LogP contribution >= 0.6 is 0 Å². The average Bonchev–Trinajstić information content (AvgIpc) is 2.79. The van der Waals surface area contributed by atoms with Crippen LogP contribution in [0.25, 0.3) is 6.20 Å². The van der Waals surface area contributed by atoms with Crippen LogP contribution < -0.4 is 5.73 Å². The highest BCUT2D eigenvalue weighted by Crippen LogP contribution is 2.44. The van der Waals surface area contributed by atoms with Crippen molar-refractivity contribution < 1.29 is 8.78 Å². The number of halogens is 2. The first kappa shape index (κ1) is 12.2. The van der Waals surface area contributed by atoms with Gasteiger partial charge in [0, 0.05) is 37.2 Å². The molecule has 3 nitrogen and oxygen atoms in total. The van der Waals surface area contributed by atoms with E-state index in [1.165, 1.54) is 0 Å². The van der Waals surface area contributed by atoms with Gasteiger partial charge in [-0.1, -0.05) is 6.58 Å². The first-order valence-corrected chi connectivity index (χ1v) is 5.76. The van der Waals surface area contributed by atoms with Gasteiger partial charge < -0.3 is 5.73 Å². The van der Waals surface area contributed by atoms with Crippen molar-refractivity contribution in [2.45, 2.75) is 37.0 Å². The summed E-state index contributed by atoms with van der Waals surface area (Å²) < 4.78 is 28.0. The third-order valence-corrected chi connectivity index (χ3v) is 3.73. The Labute approximate surface area is 99.3 Å². The summed E-state index contributed by atoms with van der Waals surface area (Å²) >= 11 is 0. The molecule has 0 atom stereocenters. The molecule has 2 N–H and O–H groups in total. The minimum atomic E-state index is -2.53. The molecule has 0 unspecified atom stereocenters. The molecule has 0 radical (unpaired) electrons. The molecular weight excluding hydrogens is 224 g/mol. The first-order valence-electron chi connectivity index (χ1n) is 5.76. The molecular formula is C12H17F2N3. The van der Waals surface area contributed by atoms with Gasteiger partial charge >= 0.3 is 0 Å². The molecule has 1 saturated carbocycles. The standard InChI is InChI=1S/C12H17F2N3/c1-2-17-8-10(7-16-17)11(9-15)3-5-12(13,14)6-4-11/h2,7-8H,1,3-6,9,15H2. The van der Waals surface area contributed by atoms with Crippen molar-refractivity contribution in [1.82, 2.24) is 9.78 Å². The highest BCUT2D eigenvalue weighted by molar-refractivity contribution is 5.26. The van der Waals surface area contributed by atoms with E-state index < -0.39 is 5.92 Å². The number of nitrogens with zero attached hydrogens (tertiary/aromatic N) is 2. The largest absolute Gasteiger partial charge is 0.330 e. The van der Waals surface area contributed by atoms with Crippen molar-refractivity contribution in [3.05, 3.63) is 24.5 Å². The summed E-state index contributed by atoms with van der Waals surface area (Å²) in [6, 6.07) is 0. The molecule has 0 amide bonds. The molecule has 5 heteroatoms. The van der Waals surface area contributed by atoms with Crippen molar-refractivity contribution >= 4 is 6.20 Å². The van der Waals surface area contributed by atoms with E-state index in [-0.39, 0.29) is 18.3 Å². The average molecular weight is 241 g/mol. The molecule has 0 bridgehead atoms. The zero-order valence-corrected chi connectivity index (χ0v) is 9.70. The van der Waals surface area contributed by atoms with Gasteiger partial charge in [-0.25, -0.2) is 13.5 Å². The number of hydrogen-bond donors (Lipinski definition) is 1. The van der Waals surface area contributed by atoms with Crippen molar-refractivity contribution in [2.24, 2.45) is 5.73 Å². The maximum atomic E-state index is 13.2. The zero-order chi connectivity index (χ0) is 12.5. The molecule has 0 aromatic carbocycles. The van der Waals surface area contributed by atoms with Crippen LogP contribution in [0.2, 0.25) is 0 Å². The Morgan fingerprint density at radius 2 is 2.06 bits per heavy atom. The predicted octanol–water partition coefficient (Wildman–Crippen LogP) is 2.39. The van der Waals surface area contributed by atoms with Gasteiger partial charge in [0.25, 0.3) is 0 Å². The van der Waals surface area contributed by atoms with Gasteiger partial charge in [-0.2, -0.15) is 5.10 Å². The van der Waals surface area contributed by atoms with Gasteiger partial charge in [0.05, 0.1) is 6.20 Å². The molecule has 0 spiro atoms. The molecule has 94 valence electrons. The van der Waals surface area contributed by atoms with E-state index >= 15 is 0 Å². The minimum absolute atomic E-state index is 0.0938. The molecule has 1 aliphatic carbocycles. The number of hydrogen-bond acceptors (Lipinski definition) is 2. The first-order chi connectivity index (χ1) is 8.01. The predicted molar refractivity (Wildman–Crippen MR) is 62.8 cm³/mol. The third kappa shape index (κ3) is 2.24. The van der Waals surface area contributed by atoms with Crippen LogP contribution in [0.1, 0.15) is 31.2 Å².